The standard InChI is InChI=1S/C15H15BrN2O2S2/c1-2-3-4-13(19)17-18-14(20)12(22-15(18)21)9-10-5-7-11(16)8-6-10/h5-9H,2-4H2,1H3,(H,17,19)/b12-9+. The van der Waals surface area contributed by atoms with E-state index >= 15 is 0 Å². The lowest BCUT2D eigenvalue weighted by Crippen LogP contribution is -2.44. The molecule has 1 aromatic carbocycles. The van der Waals surface area contributed by atoms with E-state index in [2.05, 4.69) is 21.4 Å². The summed E-state index contributed by atoms with van der Waals surface area (Å²) in [7, 11) is 0. The molecule has 1 aliphatic rings. The van der Waals surface area contributed by atoms with Crippen LogP contribution in [0.5, 0.6) is 0 Å². The number of halogens is 1. The lowest BCUT2D eigenvalue weighted by Gasteiger charge is -2.15. The minimum absolute atomic E-state index is 0.192. The van der Waals surface area contributed by atoms with Crippen LogP contribution in [0.15, 0.2) is 33.6 Å². The predicted octanol–water partition coefficient (Wildman–Crippen LogP) is 3.87. The smallest absolute Gasteiger partial charge is 0.273 e. The minimum Gasteiger partial charge on any atom is -0.273 e. The SMILES string of the molecule is CCCCC(=O)NN1C(=O)/C(=C\c2ccc(Br)cc2)SC1=S. The van der Waals surface area contributed by atoms with Crippen LogP contribution in [0.25, 0.3) is 6.08 Å². The second-order valence-electron chi connectivity index (χ2n) is 4.71. The molecule has 2 amide bonds. The van der Waals surface area contributed by atoms with E-state index in [1.54, 1.807) is 6.08 Å². The molecule has 0 spiro atoms. The Bertz CT molecular complexity index is 629. The van der Waals surface area contributed by atoms with E-state index in [0.717, 1.165) is 27.9 Å². The summed E-state index contributed by atoms with van der Waals surface area (Å²) in [5.74, 6) is -0.481. The molecule has 1 N–H and O–H groups in total. The quantitative estimate of drug-likeness (QED) is 0.603. The molecule has 22 heavy (non-hydrogen) atoms. The molecule has 1 aromatic rings. The van der Waals surface area contributed by atoms with E-state index in [9.17, 15) is 9.59 Å². The van der Waals surface area contributed by atoms with Crippen LogP contribution in [0.2, 0.25) is 0 Å². The first-order valence-corrected chi connectivity index (χ1v) is 8.86. The van der Waals surface area contributed by atoms with Gasteiger partial charge in [0.1, 0.15) is 0 Å². The Morgan fingerprint density at radius 1 is 1.41 bits per heavy atom. The van der Waals surface area contributed by atoms with Crippen molar-refractivity contribution >= 4 is 62.1 Å². The van der Waals surface area contributed by atoms with Crippen LogP contribution in [0.4, 0.5) is 0 Å². The summed E-state index contributed by atoms with van der Waals surface area (Å²) in [4.78, 5) is 24.6. The Hall–Kier alpha value is -1.18. The topological polar surface area (TPSA) is 49.4 Å². The molecule has 0 atom stereocenters. The van der Waals surface area contributed by atoms with Gasteiger partial charge in [0.25, 0.3) is 5.91 Å². The van der Waals surface area contributed by atoms with E-state index in [1.807, 2.05) is 31.2 Å². The van der Waals surface area contributed by atoms with Crippen molar-refractivity contribution in [3.05, 3.63) is 39.2 Å². The highest BCUT2D eigenvalue weighted by Gasteiger charge is 2.33. The van der Waals surface area contributed by atoms with Gasteiger partial charge in [-0.25, -0.2) is 0 Å². The molecule has 0 radical (unpaired) electrons. The average molecular weight is 399 g/mol. The van der Waals surface area contributed by atoms with E-state index in [0.29, 0.717) is 15.6 Å². The molecule has 1 fully saturated rings. The van der Waals surface area contributed by atoms with Crippen molar-refractivity contribution in [2.24, 2.45) is 0 Å². The van der Waals surface area contributed by atoms with Gasteiger partial charge in [-0.3, -0.25) is 15.0 Å². The third-order valence-corrected chi connectivity index (χ3v) is 4.79. The number of thioether (sulfide) groups is 1. The van der Waals surface area contributed by atoms with Crippen molar-refractivity contribution in [2.45, 2.75) is 26.2 Å². The van der Waals surface area contributed by atoms with Gasteiger partial charge in [-0.2, -0.15) is 5.01 Å². The normalized spacial score (nSPS) is 16.5. The molecular formula is C15H15BrN2O2S2. The minimum atomic E-state index is -0.289. The number of thiocarbonyl (C=S) groups is 1. The maximum Gasteiger partial charge on any atom is 0.285 e. The van der Waals surface area contributed by atoms with Gasteiger partial charge in [0, 0.05) is 10.9 Å². The molecule has 116 valence electrons. The summed E-state index contributed by atoms with van der Waals surface area (Å²) in [5.41, 5.74) is 3.48. The van der Waals surface area contributed by atoms with Gasteiger partial charge in [0.15, 0.2) is 4.32 Å². The van der Waals surface area contributed by atoms with Crippen LogP contribution in [0.1, 0.15) is 31.7 Å². The van der Waals surface area contributed by atoms with Gasteiger partial charge in [-0.1, -0.05) is 53.2 Å². The summed E-state index contributed by atoms with van der Waals surface area (Å²) in [6.45, 7) is 2.01. The number of carbonyl (C=O) groups excluding carboxylic acids is 2. The van der Waals surface area contributed by atoms with E-state index < -0.39 is 0 Å². The Kier molecular flexibility index (Phi) is 6.16. The van der Waals surface area contributed by atoms with Crippen LogP contribution in [0, 0.1) is 0 Å². The number of hydrazine groups is 1. The van der Waals surface area contributed by atoms with E-state index in [4.69, 9.17) is 12.2 Å². The maximum absolute atomic E-state index is 12.3. The highest BCUT2D eigenvalue weighted by atomic mass is 79.9. The van der Waals surface area contributed by atoms with Gasteiger partial charge < -0.3 is 0 Å². The van der Waals surface area contributed by atoms with Crippen LogP contribution >= 0.6 is 39.9 Å². The number of benzene rings is 1. The number of hydrogen-bond acceptors (Lipinski definition) is 4. The van der Waals surface area contributed by atoms with E-state index in [1.165, 1.54) is 11.8 Å². The zero-order valence-corrected chi connectivity index (χ0v) is 15.2. The van der Waals surface area contributed by atoms with Crippen molar-refractivity contribution in [1.29, 1.82) is 0 Å². The van der Waals surface area contributed by atoms with Gasteiger partial charge in [-0.15, -0.1) is 0 Å². The van der Waals surface area contributed by atoms with Crippen molar-refractivity contribution in [1.82, 2.24) is 10.4 Å². The Morgan fingerprint density at radius 3 is 2.73 bits per heavy atom. The first-order chi connectivity index (χ1) is 10.5. The van der Waals surface area contributed by atoms with Crippen LogP contribution < -0.4 is 5.43 Å². The van der Waals surface area contributed by atoms with Gasteiger partial charge >= 0.3 is 0 Å². The molecule has 7 heteroatoms. The van der Waals surface area contributed by atoms with Gasteiger partial charge in [0.2, 0.25) is 5.91 Å². The van der Waals surface area contributed by atoms with Crippen molar-refractivity contribution in [3.63, 3.8) is 0 Å². The molecule has 1 aliphatic heterocycles. The second kappa shape index (κ2) is 7.89. The van der Waals surface area contributed by atoms with Crippen molar-refractivity contribution in [2.75, 3.05) is 0 Å². The fourth-order valence-corrected chi connectivity index (χ4v) is 3.24. The Balaban J connectivity index is 2.08. The molecule has 0 saturated carbocycles. The highest BCUT2D eigenvalue weighted by molar-refractivity contribution is 9.10. The first kappa shape index (κ1) is 17.2. The number of amides is 2. The molecule has 4 nitrogen and oxygen atoms in total. The fraction of sp³-hybridized carbons (Fsp3) is 0.267. The number of unbranched alkanes of at least 4 members (excludes halogenated alkanes) is 1. The monoisotopic (exact) mass is 398 g/mol. The van der Waals surface area contributed by atoms with Crippen LogP contribution in [-0.4, -0.2) is 21.1 Å². The second-order valence-corrected chi connectivity index (χ2v) is 7.30. The molecule has 0 aromatic heterocycles. The molecule has 1 heterocycles. The number of nitrogens with one attached hydrogen (secondary N) is 1. The fourth-order valence-electron chi connectivity index (χ4n) is 1.79. The van der Waals surface area contributed by atoms with Crippen LogP contribution in [0.3, 0.4) is 0 Å². The molecule has 1 saturated heterocycles. The molecule has 0 bridgehead atoms. The summed E-state index contributed by atoms with van der Waals surface area (Å²) < 4.78 is 1.32. The van der Waals surface area contributed by atoms with Crippen molar-refractivity contribution in [3.8, 4) is 0 Å². The molecule has 2 rings (SSSR count). The zero-order valence-electron chi connectivity index (χ0n) is 12.0. The van der Waals surface area contributed by atoms with Crippen molar-refractivity contribution < 1.29 is 9.59 Å². The average Bonchev–Trinajstić information content (AvgIpc) is 2.75. The maximum atomic E-state index is 12.3. The summed E-state index contributed by atoms with van der Waals surface area (Å²) >= 11 is 9.72. The van der Waals surface area contributed by atoms with E-state index in [-0.39, 0.29) is 11.8 Å². The first-order valence-electron chi connectivity index (χ1n) is 6.84. The molecule has 0 unspecified atom stereocenters. The Labute approximate surface area is 147 Å². The summed E-state index contributed by atoms with van der Waals surface area (Å²) in [6.07, 6.45) is 3.87. The molecule has 0 aliphatic carbocycles. The lowest BCUT2D eigenvalue weighted by atomic mass is 10.2. The number of hydrogen-bond donors (Lipinski definition) is 1. The number of nitrogens with zero attached hydrogens (tertiary/aromatic N) is 1. The van der Waals surface area contributed by atoms with Crippen LogP contribution in [-0.2, 0) is 9.59 Å². The number of carbonyl (C=O) groups is 2. The Morgan fingerprint density at radius 2 is 2.09 bits per heavy atom. The summed E-state index contributed by atoms with van der Waals surface area (Å²) in [6, 6.07) is 7.60. The van der Waals surface area contributed by atoms with Gasteiger partial charge in [-0.05, 0) is 42.4 Å². The molecular weight excluding hydrogens is 384 g/mol. The third kappa shape index (κ3) is 4.41. The van der Waals surface area contributed by atoms with Gasteiger partial charge in [0.05, 0.1) is 4.91 Å². The summed E-state index contributed by atoms with van der Waals surface area (Å²) in [5, 5.41) is 1.16. The largest absolute Gasteiger partial charge is 0.285 e. The number of rotatable bonds is 5. The lowest BCUT2D eigenvalue weighted by molar-refractivity contribution is -0.133. The highest BCUT2D eigenvalue weighted by Crippen LogP contribution is 2.31. The predicted molar refractivity (Wildman–Crippen MR) is 96.8 cm³/mol. The zero-order chi connectivity index (χ0) is 16.1. The third-order valence-electron chi connectivity index (χ3n) is 2.96.